The molecule has 0 radical (unpaired) electrons. The molecule has 2 heterocycles. The Hall–Kier alpha value is -2.51. The van der Waals surface area contributed by atoms with Gasteiger partial charge >= 0.3 is 0 Å². The van der Waals surface area contributed by atoms with Crippen LogP contribution < -0.4 is 4.90 Å². The van der Waals surface area contributed by atoms with Gasteiger partial charge in [0, 0.05) is 6.42 Å². The second kappa shape index (κ2) is 7.01. The number of aryl methyl sites for hydroxylation is 1. The van der Waals surface area contributed by atoms with E-state index in [-0.39, 0.29) is 18.2 Å². The van der Waals surface area contributed by atoms with Gasteiger partial charge in [0.05, 0.1) is 5.69 Å². The van der Waals surface area contributed by atoms with Crippen LogP contribution in [-0.4, -0.2) is 27.3 Å². The standard InChI is InChI=1S/C19H15N3O2S2/c1-12-20-21-19(25-12)26-16-11-17(23)22(18(16)24)15-9-7-14(8-10-15)13-5-3-2-4-6-13/h2-10,16H,11H2,1H3/t16-/m0/s1. The van der Waals surface area contributed by atoms with E-state index in [9.17, 15) is 9.59 Å². The number of aromatic nitrogens is 2. The van der Waals surface area contributed by atoms with Crippen molar-refractivity contribution < 1.29 is 9.59 Å². The van der Waals surface area contributed by atoms with Crippen LogP contribution in [0, 0.1) is 6.92 Å². The van der Waals surface area contributed by atoms with Crippen molar-refractivity contribution in [2.45, 2.75) is 22.9 Å². The van der Waals surface area contributed by atoms with Gasteiger partial charge in [0.1, 0.15) is 10.3 Å². The van der Waals surface area contributed by atoms with Gasteiger partial charge in [0.15, 0.2) is 4.34 Å². The Morgan fingerprint density at radius 2 is 1.69 bits per heavy atom. The van der Waals surface area contributed by atoms with Gasteiger partial charge in [-0.25, -0.2) is 4.90 Å². The third-order valence-electron chi connectivity index (χ3n) is 4.09. The highest BCUT2D eigenvalue weighted by Gasteiger charge is 2.40. The van der Waals surface area contributed by atoms with Gasteiger partial charge in [0.2, 0.25) is 11.8 Å². The molecule has 0 saturated carbocycles. The number of carbonyl (C=O) groups is 2. The van der Waals surface area contributed by atoms with E-state index in [0.717, 1.165) is 20.5 Å². The van der Waals surface area contributed by atoms with E-state index in [1.54, 1.807) is 0 Å². The van der Waals surface area contributed by atoms with E-state index in [0.29, 0.717) is 5.69 Å². The summed E-state index contributed by atoms with van der Waals surface area (Å²) in [5.74, 6) is -0.374. The summed E-state index contributed by atoms with van der Waals surface area (Å²) in [5.41, 5.74) is 2.75. The number of hydrogen-bond donors (Lipinski definition) is 0. The van der Waals surface area contributed by atoms with Crippen LogP contribution >= 0.6 is 23.1 Å². The summed E-state index contributed by atoms with van der Waals surface area (Å²) in [6.45, 7) is 1.87. The van der Waals surface area contributed by atoms with Crippen LogP contribution in [0.2, 0.25) is 0 Å². The maximum absolute atomic E-state index is 12.7. The number of amides is 2. The predicted octanol–water partition coefficient (Wildman–Crippen LogP) is 3.94. The fourth-order valence-electron chi connectivity index (χ4n) is 2.85. The van der Waals surface area contributed by atoms with Crippen LogP contribution in [0.25, 0.3) is 11.1 Å². The number of anilines is 1. The van der Waals surface area contributed by atoms with E-state index in [1.165, 1.54) is 28.0 Å². The summed E-state index contributed by atoms with van der Waals surface area (Å²) < 4.78 is 0.718. The Balaban J connectivity index is 1.53. The molecule has 0 unspecified atom stereocenters. The highest BCUT2D eigenvalue weighted by atomic mass is 32.2. The number of hydrogen-bond acceptors (Lipinski definition) is 6. The lowest BCUT2D eigenvalue weighted by Crippen LogP contribution is -2.31. The second-order valence-electron chi connectivity index (χ2n) is 5.88. The van der Waals surface area contributed by atoms with Gasteiger partial charge in [-0.3, -0.25) is 9.59 Å². The lowest BCUT2D eigenvalue weighted by atomic mass is 10.1. The largest absolute Gasteiger partial charge is 0.274 e. The first kappa shape index (κ1) is 16.9. The van der Waals surface area contributed by atoms with E-state index in [1.807, 2.05) is 61.5 Å². The number of benzene rings is 2. The Labute approximate surface area is 159 Å². The molecule has 1 fully saturated rings. The number of imide groups is 1. The minimum Gasteiger partial charge on any atom is -0.274 e. The molecule has 1 aromatic heterocycles. The quantitative estimate of drug-likeness (QED) is 0.641. The Kier molecular flexibility index (Phi) is 4.57. The summed E-state index contributed by atoms with van der Waals surface area (Å²) >= 11 is 2.75. The molecule has 1 saturated heterocycles. The van der Waals surface area contributed by atoms with Gasteiger partial charge in [-0.05, 0) is 30.2 Å². The lowest BCUT2D eigenvalue weighted by Gasteiger charge is -2.15. The number of carbonyl (C=O) groups excluding carboxylic acids is 2. The van der Waals surface area contributed by atoms with Crippen molar-refractivity contribution in [1.29, 1.82) is 0 Å². The summed E-state index contributed by atoms with van der Waals surface area (Å²) in [4.78, 5) is 26.4. The smallest absolute Gasteiger partial charge is 0.247 e. The molecule has 0 N–H and O–H groups in total. The zero-order valence-electron chi connectivity index (χ0n) is 14.0. The minimum atomic E-state index is -0.441. The van der Waals surface area contributed by atoms with Gasteiger partial charge in [0.25, 0.3) is 0 Å². The number of thioether (sulfide) groups is 1. The molecule has 1 aliphatic heterocycles. The highest BCUT2D eigenvalue weighted by Crippen LogP contribution is 2.35. The molecule has 1 aliphatic rings. The maximum Gasteiger partial charge on any atom is 0.247 e. The SMILES string of the molecule is Cc1nnc(S[C@H]2CC(=O)N(c3ccc(-c4ccccc4)cc3)C2=O)s1. The third-order valence-corrected chi connectivity index (χ3v) is 6.20. The Morgan fingerprint density at radius 1 is 1.00 bits per heavy atom. The molecule has 7 heteroatoms. The second-order valence-corrected chi connectivity index (χ2v) is 8.51. The van der Waals surface area contributed by atoms with E-state index >= 15 is 0 Å². The van der Waals surface area contributed by atoms with Gasteiger partial charge < -0.3 is 0 Å². The zero-order valence-corrected chi connectivity index (χ0v) is 15.6. The predicted molar refractivity (Wildman–Crippen MR) is 103 cm³/mol. The first-order valence-corrected chi connectivity index (χ1v) is 9.80. The van der Waals surface area contributed by atoms with Crippen molar-refractivity contribution >= 4 is 40.6 Å². The molecular formula is C19H15N3O2S2. The van der Waals surface area contributed by atoms with Crippen LogP contribution in [0.1, 0.15) is 11.4 Å². The van der Waals surface area contributed by atoms with Crippen molar-refractivity contribution in [3.8, 4) is 11.1 Å². The van der Waals surface area contributed by atoms with Crippen molar-refractivity contribution in [2.75, 3.05) is 4.90 Å². The molecule has 2 amide bonds. The zero-order chi connectivity index (χ0) is 18.1. The topological polar surface area (TPSA) is 63.2 Å². The highest BCUT2D eigenvalue weighted by molar-refractivity contribution is 8.02. The van der Waals surface area contributed by atoms with Crippen LogP contribution in [0.4, 0.5) is 5.69 Å². The van der Waals surface area contributed by atoms with Gasteiger partial charge in [-0.15, -0.1) is 10.2 Å². The van der Waals surface area contributed by atoms with E-state index in [4.69, 9.17) is 0 Å². The third kappa shape index (κ3) is 3.27. The van der Waals surface area contributed by atoms with Gasteiger partial charge in [-0.1, -0.05) is 65.6 Å². The molecule has 0 bridgehead atoms. The molecule has 1 atom stereocenters. The van der Waals surface area contributed by atoms with Crippen LogP contribution in [-0.2, 0) is 9.59 Å². The average Bonchev–Trinajstić information content (AvgIpc) is 3.19. The summed E-state index contributed by atoms with van der Waals surface area (Å²) in [7, 11) is 0. The average molecular weight is 381 g/mol. The fourth-order valence-corrected chi connectivity index (χ4v) is 4.93. The van der Waals surface area contributed by atoms with E-state index in [2.05, 4.69) is 10.2 Å². The monoisotopic (exact) mass is 381 g/mol. The summed E-state index contributed by atoms with van der Waals surface area (Å²) in [6, 6.07) is 17.5. The molecular weight excluding hydrogens is 366 g/mol. The summed E-state index contributed by atoms with van der Waals surface area (Å²) in [5, 5.41) is 8.39. The maximum atomic E-state index is 12.7. The van der Waals surface area contributed by atoms with Gasteiger partial charge in [-0.2, -0.15) is 0 Å². The Bertz CT molecular complexity index is 954. The van der Waals surface area contributed by atoms with Crippen LogP contribution in [0.5, 0.6) is 0 Å². The molecule has 130 valence electrons. The molecule has 26 heavy (non-hydrogen) atoms. The molecule has 2 aromatic carbocycles. The van der Waals surface area contributed by atoms with Crippen molar-refractivity contribution in [2.24, 2.45) is 0 Å². The fraction of sp³-hybridized carbons (Fsp3) is 0.158. The van der Waals surface area contributed by atoms with Crippen LogP contribution in [0.15, 0.2) is 58.9 Å². The van der Waals surface area contributed by atoms with Crippen molar-refractivity contribution in [1.82, 2.24) is 10.2 Å². The number of rotatable bonds is 4. The van der Waals surface area contributed by atoms with E-state index < -0.39 is 5.25 Å². The molecule has 0 spiro atoms. The van der Waals surface area contributed by atoms with Crippen LogP contribution in [0.3, 0.4) is 0 Å². The molecule has 4 rings (SSSR count). The number of nitrogens with zero attached hydrogens (tertiary/aromatic N) is 3. The Morgan fingerprint density at radius 3 is 2.35 bits per heavy atom. The molecule has 3 aromatic rings. The van der Waals surface area contributed by atoms with Crippen molar-refractivity contribution in [3.63, 3.8) is 0 Å². The molecule has 0 aliphatic carbocycles. The first-order valence-electron chi connectivity index (χ1n) is 8.11. The first-order chi connectivity index (χ1) is 12.6. The lowest BCUT2D eigenvalue weighted by molar-refractivity contribution is -0.121. The van der Waals surface area contributed by atoms with Crippen molar-refractivity contribution in [3.05, 3.63) is 59.6 Å². The summed E-state index contributed by atoms with van der Waals surface area (Å²) in [6.07, 6.45) is 0.183. The molecule has 5 nitrogen and oxygen atoms in total. The minimum absolute atomic E-state index is 0.179. The normalized spacial score (nSPS) is 17.1.